The van der Waals surface area contributed by atoms with Gasteiger partial charge in [-0.3, -0.25) is 0 Å². The number of piperidine rings is 1. The normalized spacial score (nSPS) is 21.2. The van der Waals surface area contributed by atoms with Crippen LogP contribution in [0.4, 0.5) is 0 Å². The number of aliphatic hydroxyl groups is 1. The topological polar surface area (TPSA) is 35.5 Å². The molecule has 96 valence electrons. The molecule has 0 bridgehead atoms. The van der Waals surface area contributed by atoms with E-state index in [2.05, 4.69) is 24.1 Å². The second-order valence-corrected chi connectivity index (χ2v) is 5.07. The third kappa shape index (κ3) is 5.83. The molecule has 3 nitrogen and oxygen atoms in total. The van der Waals surface area contributed by atoms with Gasteiger partial charge in [0, 0.05) is 19.1 Å². The molecule has 3 heteroatoms. The van der Waals surface area contributed by atoms with Crippen LogP contribution in [0.2, 0.25) is 0 Å². The Labute approximate surface area is 100 Å². The van der Waals surface area contributed by atoms with E-state index in [4.69, 9.17) is 0 Å². The maximum Gasteiger partial charge on any atom is 0.0564 e. The van der Waals surface area contributed by atoms with Gasteiger partial charge in [0.2, 0.25) is 0 Å². The lowest BCUT2D eigenvalue weighted by Gasteiger charge is -2.29. The van der Waals surface area contributed by atoms with Crippen molar-refractivity contribution in [3.63, 3.8) is 0 Å². The SMILES string of the molecule is CCCC(C)NCCCN1CCC(O)CC1. The quantitative estimate of drug-likeness (QED) is 0.650. The highest BCUT2D eigenvalue weighted by Gasteiger charge is 2.15. The molecule has 16 heavy (non-hydrogen) atoms. The van der Waals surface area contributed by atoms with E-state index < -0.39 is 0 Å². The summed E-state index contributed by atoms with van der Waals surface area (Å²) in [6.45, 7) is 8.95. The smallest absolute Gasteiger partial charge is 0.0564 e. The number of rotatable bonds is 7. The first-order chi connectivity index (χ1) is 7.72. The summed E-state index contributed by atoms with van der Waals surface area (Å²) >= 11 is 0. The van der Waals surface area contributed by atoms with E-state index in [0.717, 1.165) is 32.5 Å². The Morgan fingerprint density at radius 1 is 1.38 bits per heavy atom. The van der Waals surface area contributed by atoms with Crippen LogP contribution in [0.1, 0.15) is 46.0 Å². The van der Waals surface area contributed by atoms with Crippen molar-refractivity contribution in [1.29, 1.82) is 0 Å². The fourth-order valence-electron chi connectivity index (χ4n) is 2.33. The van der Waals surface area contributed by atoms with Gasteiger partial charge in [-0.1, -0.05) is 13.3 Å². The van der Waals surface area contributed by atoms with Gasteiger partial charge < -0.3 is 15.3 Å². The summed E-state index contributed by atoms with van der Waals surface area (Å²) in [6, 6.07) is 0.660. The molecule has 2 N–H and O–H groups in total. The van der Waals surface area contributed by atoms with Crippen molar-refractivity contribution >= 4 is 0 Å². The van der Waals surface area contributed by atoms with Crippen LogP contribution in [0.5, 0.6) is 0 Å². The molecule has 1 aliphatic heterocycles. The van der Waals surface area contributed by atoms with Crippen LogP contribution in [0.3, 0.4) is 0 Å². The Morgan fingerprint density at radius 3 is 2.69 bits per heavy atom. The first-order valence-electron chi connectivity index (χ1n) is 6.86. The molecule has 1 aliphatic rings. The van der Waals surface area contributed by atoms with Gasteiger partial charge in [-0.25, -0.2) is 0 Å². The molecule has 1 unspecified atom stereocenters. The van der Waals surface area contributed by atoms with Crippen molar-refractivity contribution in [3.8, 4) is 0 Å². The van der Waals surface area contributed by atoms with Crippen LogP contribution in [0, 0.1) is 0 Å². The average molecular weight is 228 g/mol. The van der Waals surface area contributed by atoms with Crippen LogP contribution < -0.4 is 5.32 Å². The highest BCUT2D eigenvalue weighted by molar-refractivity contribution is 4.71. The van der Waals surface area contributed by atoms with Crippen LogP contribution in [0.25, 0.3) is 0 Å². The Kier molecular flexibility index (Phi) is 7.01. The van der Waals surface area contributed by atoms with Gasteiger partial charge in [0.05, 0.1) is 6.10 Å². The minimum absolute atomic E-state index is 0.0426. The standard InChI is InChI=1S/C13H28N2O/c1-3-5-12(2)14-8-4-9-15-10-6-13(16)7-11-15/h12-14,16H,3-11H2,1-2H3. The van der Waals surface area contributed by atoms with Gasteiger partial charge in [-0.2, -0.15) is 0 Å². The predicted octanol–water partition coefficient (Wildman–Crippen LogP) is 1.61. The van der Waals surface area contributed by atoms with E-state index in [1.54, 1.807) is 0 Å². The highest BCUT2D eigenvalue weighted by Crippen LogP contribution is 2.09. The summed E-state index contributed by atoms with van der Waals surface area (Å²) in [7, 11) is 0. The van der Waals surface area contributed by atoms with E-state index in [1.165, 1.54) is 25.8 Å². The first kappa shape index (κ1) is 13.9. The van der Waals surface area contributed by atoms with Crippen molar-refractivity contribution in [2.24, 2.45) is 0 Å². The van der Waals surface area contributed by atoms with Crippen LogP contribution >= 0.6 is 0 Å². The van der Waals surface area contributed by atoms with E-state index in [9.17, 15) is 5.11 Å². The molecule has 0 aromatic heterocycles. The van der Waals surface area contributed by atoms with Crippen LogP contribution in [-0.2, 0) is 0 Å². The summed E-state index contributed by atoms with van der Waals surface area (Å²) < 4.78 is 0. The minimum Gasteiger partial charge on any atom is -0.393 e. The molecule has 0 amide bonds. The van der Waals surface area contributed by atoms with E-state index in [-0.39, 0.29) is 6.10 Å². The molecule has 0 aromatic rings. The highest BCUT2D eigenvalue weighted by atomic mass is 16.3. The molecular weight excluding hydrogens is 200 g/mol. The molecular formula is C13H28N2O. The van der Waals surface area contributed by atoms with Crippen molar-refractivity contribution < 1.29 is 5.11 Å². The summed E-state index contributed by atoms with van der Waals surface area (Å²) in [5.41, 5.74) is 0. The monoisotopic (exact) mass is 228 g/mol. The Bertz CT molecular complexity index is 167. The molecule has 1 atom stereocenters. The largest absolute Gasteiger partial charge is 0.393 e. The summed E-state index contributed by atoms with van der Waals surface area (Å²) in [6.07, 6.45) is 5.64. The molecule has 0 aliphatic carbocycles. The molecule has 1 fully saturated rings. The summed E-state index contributed by atoms with van der Waals surface area (Å²) in [5, 5.41) is 12.9. The zero-order valence-electron chi connectivity index (χ0n) is 10.9. The maximum absolute atomic E-state index is 9.39. The molecule has 0 aromatic carbocycles. The third-order valence-corrected chi connectivity index (χ3v) is 3.42. The Morgan fingerprint density at radius 2 is 2.06 bits per heavy atom. The van der Waals surface area contributed by atoms with Gasteiger partial charge in [-0.15, -0.1) is 0 Å². The minimum atomic E-state index is -0.0426. The van der Waals surface area contributed by atoms with E-state index >= 15 is 0 Å². The Balaban J connectivity index is 1.95. The second-order valence-electron chi connectivity index (χ2n) is 5.07. The van der Waals surface area contributed by atoms with Crippen LogP contribution in [-0.4, -0.2) is 48.3 Å². The third-order valence-electron chi connectivity index (χ3n) is 3.42. The second kappa shape index (κ2) is 8.04. The number of aliphatic hydroxyl groups excluding tert-OH is 1. The van der Waals surface area contributed by atoms with Crippen molar-refractivity contribution in [1.82, 2.24) is 10.2 Å². The average Bonchev–Trinajstić information content (AvgIpc) is 2.27. The molecule has 1 heterocycles. The summed E-state index contributed by atoms with van der Waals surface area (Å²) in [5.74, 6) is 0. The van der Waals surface area contributed by atoms with Crippen molar-refractivity contribution in [2.45, 2.75) is 58.1 Å². The maximum atomic E-state index is 9.39. The fraction of sp³-hybridized carbons (Fsp3) is 1.00. The van der Waals surface area contributed by atoms with Gasteiger partial charge >= 0.3 is 0 Å². The number of likely N-dealkylation sites (tertiary alicyclic amines) is 1. The predicted molar refractivity (Wildman–Crippen MR) is 68.7 cm³/mol. The van der Waals surface area contributed by atoms with E-state index in [1.807, 2.05) is 0 Å². The van der Waals surface area contributed by atoms with E-state index in [0.29, 0.717) is 6.04 Å². The molecule has 0 saturated carbocycles. The van der Waals surface area contributed by atoms with Gasteiger partial charge in [0.25, 0.3) is 0 Å². The Hall–Kier alpha value is -0.120. The number of nitrogens with one attached hydrogen (secondary N) is 1. The lowest BCUT2D eigenvalue weighted by atomic mass is 10.1. The van der Waals surface area contributed by atoms with Crippen molar-refractivity contribution in [2.75, 3.05) is 26.2 Å². The van der Waals surface area contributed by atoms with Gasteiger partial charge in [-0.05, 0) is 45.7 Å². The zero-order chi connectivity index (χ0) is 11.8. The fourth-order valence-corrected chi connectivity index (χ4v) is 2.33. The molecule has 1 saturated heterocycles. The van der Waals surface area contributed by atoms with Crippen molar-refractivity contribution in [3.05, 3.63) is 0 Å². The first-order valence-corrected chi connectivity index (χ1v) is 6.86. The zero-order valence-corrected chi connectivity index (χ0v) is 10.9. The lowest BCUT2D eigenvalue weighted by Crippen LogP contribution is -2.37. The van der Waals surface area contributed by atoms with Gasteiger partial charge in [0.15, 0.2) is 0 Å². The summed E-state index contributed by atoms with van der Waals surface area (Å²) in [4.78, 5) is 2.47. The van der Waals surface area contributed by atoms with Crippen LogP contribution in [0.15, 0.2) is 0 Å². The number of hydrogen-bond donors (Lipinski definition) is 2. The molecule has 0 spiro atoms. The number of hydrogen-bond acceptors (Lipinski definition) is 3. The lowest BCUT2D eigenvalue weighted by molar-refractivity contribution is 0.0820. The van der Waals surface area contributed by atoms with Gasteiger partial charge in [0.1, 0.15) is 0 Å². The number of nitrogens with zero attached hydrogens (tertiary/aromatic N) is 1. The molecule has 1 rings (SSSR count). The molecule has 0 radical (unpaired) electrons.